The summed E-state index contributed by atoms with van der Waals surface area (Å²) in [4.78, 5) is 2.06. The summed E-state index contributed by atoms with van der Waals surface area (Å²) in [5.74, 6) is 0. The molecule has 0 bridgehead atoms. The third-order valence-electron chi connectivity index (χ3n) is 4.07. The molecule has 2 aliphatic rings. The molecule has 1 spiro atoms. The van der Waals surface area contributed by atoms with Crippen LogP contribution >= 0.6 is 11.3 Å². The summed E-state index contributed by atoms with van der Waals surface area (Å²) < 4.78 is 31.2. The first-order valence-electron chi connectivity index (χ1n) is 6.87. The lowest BCUT2D eigenvalue weighted by Gasteiger charge is -2.43. The van der Waals surface area contributed by atoms with Crippen molar-refractivity contribution >= 4 is 11.3 Å². The zero-order valence-corrected chi connectivity index (χ0v) is 11.9. The predicted molar refractivity (Wildman–Crippen MR) is 72.1 cm³/mol. The molecular formula is C14H19F2NOS. The van der Waals surface area contributed by atoms with Gasteiger partial charge in [0.1, 0.15) is 0 Å². The van der Waals surface area contributed by atoms with Crippen molar-refractivity contribution in [2.45, 2.75) is 50.7 Å². The van der Waals surface area contributed by atoms with Gasteiger partial charge in [0.15, 0.2) is 0 Å². The number of thiophene rings is 1. The molecule has 0 aliphatic carbocycles. The second kappa shape index (κ2) is 5.11. The molecule has 2 nitrogen and oxygen atoms in total. The van der Waals surface area contributed by atoms with Crippen LogP contribution in [0.15, 0.2) is 6.07 Å². The summed E-state index contributed by atoms with van der Waals surface area (Å²) in [5, 5.41) is 3.43. The standard InChI is InChI=1S/C14H19F2NOS/c1-9-8-14(3-4-17-9)11-6-10(7-13(15)16)19-12(11)2-5-18-14/h6,9,13,17H,2-5,7-8H2,1H3/t9-,14+/m0/s1. The molecule has 2 atom stereocenters. The maximum absolute atomic E-state index is 12.5. The van der Waals surface area contributed by atoms with Gasteiger partial charge in [0, 0.05) is 28.6 Å². The van der Waals surface area contributed by atoms with E-state index in [1.807, 2.05) is 6.07 Å². The number of fused-ring (bicyclic) bond motifs is 2. The molecule has 1 fully saturated rings. The Labute approximate surface area is 116 Å². The fraction of sp³-hybridized carbons (Fsp3) is 0.714. The van der Waals surface area contributed by atoms with Gasteiger partial charge in [-0.2, -0.15) is 0 Å². The van der Waals surface area contributed by atoms with E-state index in [2.05, 4.69) is 12.2 Å². The Bertz CT molecular complexity index is 462. The highest BCUT2D eigenvalue weighted by Crippen LogP contribution is 2.44. The summed E-state index contributed by atoms with van der Waals surface area (Å²) >= 11 is 1.55. The molecule has 1 aromatic rings. The van der Waals surface area contributed by atoms with E-state index in [1.54, 1.807) is 11.3 Å². The van der Waals surface area contributed by atoms with E-state index in [0.29, 0.717) is 12.6 Å². The molecule has 19 heavy (non-hydrogen) atoms. The first-order valence-corrected chi connectivity index (χ1v) is 7.68. The second-order valence-electron chi connectivity index (χ2n) is 5.55. The largest absolute Gasteiger partial charge is 0.370 e. The van der Waals surface area contributed by atoms with Crippen LogP contribution in [0.4, 0.5) is 8.78 Å². The molecule has 0 radical (unpaired) electrons. The van der Waals surface area contributed by atoms with Crippen molar-refractivity contribution in [1.82, 2.24) is 5.32 Å². The van der Waals surface area contributed by atoms with Gasteiger partial charge in [-0.05, 0) is 37.9 Å². The molecule has 0 unspecified atom stereocenters. The van der Waals surface area contributed by atoms with Crippen LogP contribution in [0.5, 0.6) is 0 Å². The van der Waals surface area contributed by atoms with E-state index in [-0.39, 0.29) is 12.0 Å². The molecule has 1 saturated heterocycles. The number of ether oxygens (including phenoxy) is 1. The number of hydrogen-bond donors (Lipinski definition) is 1. The van der Waals surface area contributed by atoms with Crippen LogP contribution in [0.1, 0.15) is 35.1 Å². The monoisotopic (exact) mass is 287 g/mol. The summed E-state index contributed by atoms with van der Waals surface area (Å²) in [5.41, 5.74) is 0.961. The summed E-state index contributed by atoms with van der Waals surface area (Å²) in [6.45, 7) is 3.81. The highest BCUT2D eigenvalue weighted by Gasteiger charge is 2.42. The lowest BCUT2D eigenvalue weighted by Crippen LogP contribution is -2.48. The lowest BCUT2D eigenvalue weighted by atomic mass is 9.80. The molecule has 0 amide bonds. The number of nitrogens with one attached hydrogen (secondary N) is 1. The van der Waals surface area contributed by atoms with Crippen LogP contribution in [-0.2, 0) is 23.2 Å². The summed E-state index contributed by atoms with van der Waals surface area (Å²) in [6, 6.07) is 2.39. The number of hydrogen-bond acceptors (Lipinski definition) is 3. The van der Waals surface area contributed by atoms with Crippen LogP contribution in [0.3, 0.4) is 0 Å². The number of rotatable bonds is 2. The van der Waals surface area contributed by atoms with E-state index in [1.165, 1.54) is 10.4 Å². The van der Waals surface area contributed by atoms with E-state index >= 15 is 0 Å². The van der Waals surface area contributed by atoms with E-state index in [9.17, 15) is 8.78 Å². The minimum Gasteiger partial charge on any atom is -0.370 e. The molecule has 106 valence electrons. The number of piperidine rings is 1. The average molecular weight is 287 g/mol. The van der Waals surface area contributed by atoms with E-state index in [4.69, 9.17) is 4.74 Å². The van der Waals surface area contributed by atoms with Gasteiger partial charge in [-0.15, -0.1) is 11.3 Å². The first-order chi connectivity index (χ1) is 9.09. The lowest BCUT2D eigenvalue weighted by molar-refractivity contribution is -0.0870. The van der Waals surface area contributed by atoms with Gasteiger partial charge in [-0.3, -0.25) is 0 Å². The molecule has 3 rings (SSSR count). The van der Waals surface area contributed by atoms with Gasteiger partial charge in [0.05, 0.1) is 12.2 Å². The number of halogens is 2. The van der Waals surface area contributed by atoms with Gasteiger partial charge in [0.2, 0.25) is 6.43 Å². The molecule has 5 heteroatoms. The van der Waals surface area contributed by atoms with Gasteiger partial charge < -0.3 is 10.1 Å². The molecule has 3 heterocycles. The van der Waals surface area contributed by atoms with Crippen molar-refractivity contribution in [1.29, 1.82) is 0 Å². The highest BCUT2D eigenvalue weighted by atomic mass is 32.1. The van der Waals surface area contributed by atoms with E-state index in [0.717, 1.165) is 30.7 Å². The van der Waals surface area contributed by atoms with Crippen LogP contribution in [0, 0.1) is 0 Å². The van der Waals surface area contributed by atoms with Crippen molar-refractivity contribution in [3.05, 3.63) is 21.4 Å². The van der Waals surface area contributed by atoms with Gasteiger partial charge >= 0.3 is 0 Å². The maximum Gasteiger partial charge on any atom is 0.243 e. The van der Waals surface area contributed by atoms with Gasteiger partial charge in [-0.1, -0.05) is 0 Å². The van der Waals surface area contributed by atoms with Crippen molar-refractivity contribution < 1.29 is 13.5 Å². The van der Waals surface area contributed by atoms with Crippen molar-refractivity contribution in [3.8, 4) is 0 Å². The fourth-order valence-electron chi connectivity index (χ4n) is 3.29. The second-order valence-corrected chi connectivity index (χ2v) is 6.77. The summed E-state index contributed by atoms with van der Waals surface area (Å²) in [7, 11) is 0. The Morgan fingerprint density at radius 1 is 1.58 bits per heavy atom. The minimum atomic E-state index is -2.26. The van der Waals surface area contributed by atoms with Crippen LogP contribution in [-0.4, -0.2) is 25.6 Å². The third-order valence-corrected chi connectivity index (χ3v) is 5.29. The van der Waals surface area contributed by atoms with Gasteiger partial charge in [0.25, 0.3) is 0 Å². The third kappa shape index (κ3) is 2.56. The molecule has 2 aliphatic heterocycles. The maximum atomic E-state index is 12.5. The Balaban J connectivity index is 1.92. The van der Waals surface area contributed by atoms with Crippen LogP contribution in [0.2, 0.25) is 0 Å². The van der Waals surface area contributed by atoms with Crippen molar-refractivity contribution in [2.24, 2.45) is 0 Å². The summed E-state index contributed by atoms with van der Waals surface area (Å²) in [6.07, 6.45) is 0.359. The normalized spacial score (nSPS) is 30.8. The minimum absolute atomic E-state index is 0.123. The fourth-order valence-corrected chi connectivity index (χ4v) is 4.53. The Morgan fingerprint density at radius 3 is 3.16 bits per heavy atom. The predicted octanol–water partition coefficient (Wildman–Crippen LogP) is 3.10. The van der Waals surface area contributed by atoms with Crippen molar-refractivity contribution in [2.75, 3.05) is 13.2 Å². The quantitative estimate of drug-likeness (QED) is 0.902. The molecule has 1 aromatic heterocycles. The SMILES string of the molecule is C[C@H]1C[C@@]2(CCN1)OCCc1sc(CC(F)F)cc12. The molecule has 0 aromatic carbocycles. The Hall–Kier alpha value is -0.520. The van der Waals surface area contributed by atoms with Crippen LogP contribution < -0.4 is 5.32 Å². The smallest absolute Gasteiger partial charge is 0.243 e. The van der Waals surface area contributed by atoms with Gasteiger partial charge in [-0.25, -0.2) is 8.78 Å². The topological polar surface area (TPSA) is 21.3 Å². The number of alkyl halides is 2. The van der Waals surface area contributed by atoms with E-state index < -0.39 is 6.43 Å². The zero-order valence-electron chi connectivity index (χ0n) is 11.0. The molecule has 1 N–H and O–H groups in total. The first kappa shape index (κ1) is 13.5. The highest BCUT2D eigenvalue weighted by molar-refractivity contribution is 7.12. The van der Waals surface area contributed by atoms with Crippen LogP contribution in [0.25, 0.3) is 0 Å². The van der Waals surface area contributed by atoms with Crippen molar-refractivity contribution in [3.63, 3.8) is 0 Å². The molecular weight excluding hydrogens is 268 g/mol. The Morgan fingerprint density at radius 2 is 2.42 bits per heavy atom. The zero-order chi connectivity index (χ0) is 13.5. The average Bonchev–Trinajstić information content (AvgIpc) is 2.72. The Kier molecular flexibility index (Phi) is 3.62. The molecule has 0 saturated carbocycles.